The van der Waals surface area contributed by atoms with Crippen LogP contribution in [0.25, 0.3) is 0 Å². The first-order chi connectivity index (χ1) is 10.7. The topological polar surface area (TPSA) is 54.4 Å². The highest BCUT2D eigenvalue weighted by Gasteiger charge is 2.42. The first-order valence-electron chi connectivity index (χ1n) is 7.55. The van der Waals surface area contributed by atoms with Gasteiger partial charge in [0.1, 0.15) is 5.92 Å². The van der Waals surface area contributed by atoms with Gasteiger partial charge in [0.2, 0.25) is 0 Å². The molecule has 1 aliphatic rings. The quantitative estimate of drug-likeness (QED) is 0.880. The van der Waals surface area contributed by atoms with E-state index in [-0.39, 0.29) is 17.6 Å². The molecule has 0 saturated heterocycles. The van der Waals surface area contributed by atoms with E-state index < -0.39 is 11.9 Å². The average molecular weight is 294 g/mol. The molecule has 2 aromatic carbocycles. The number of aliphatic carboxylic acids is 1. The summed E-state index contributed by atoms with van der Waals surface area (Å²) >= 11 is 0. The lowest BCUT2D eigenvalue weighted by Gasteiger charge is -2.34. The lowest BCUT2D eigenvalue weighted by molar-refractivity contribution is -0.148. The van der Waals surface area contributed by atoms with Crippen LogP contribution in [0.1, 0.15) is 35.8 Å². The van der Waals surface area contributed by atoms with Gasteiger partial charge in [0, 0.05) is 0 Å². The zero-order valence-corrected chi connectivity index (χ0v) is 12.2. The summed E-state index contributed by atoms with van der Waals surface area (Å²) in [5.41, 5.74) is 2.01. The van der Waals surface area contributed by atoms with Gasteiger partial charge < -0.3 is 5.11 Å². The molecule has 3 nitrogen and oxygen atoms in total. The normalized spacial score (nSPS) is 24.9. The van der Waals surface area contributed by atoms with Gasteiger partial charge in [-0.3, -0.25) is 9.59 Å². The smallest absolute Gasteiger partial charge is 0.314 e. The molecule has 2 aromatic rings. The van der Waals surface area contributed by atoms with E-state index in [1.54, 1.807) is 0 Å². The third-order valence-electron chi connectivity index (χ3n) is 4.50. The van der Waals surface area contributed by atoms with Crippen molar-refractivity contribution in [2.45, 2.75) is 24.7 Å². The highest BCUT2D eigenvalue weighted by Crippen LogP contribution is 2.44. The minimum absolute atomic E-state index is 0.0479. The fourth-order valence-corrected chi connectivity index (χ4v) is 3.43. The number of hydrogen-bond acceptors (Lipinski definition) is 2. The molecule has 0 aromatic heterocycles. The van der Waals surface area contributed by atoms with Crippen molar-refractivity contribution in [3.8, 4) is 0 Å². The van der Waals surface area contributed by atoms with Gasteiger partial charge in [0.25, 0.3) is 0 Å². The first-order valence-corrected chi connectivity index (χ1v) is 7.55. The highest BCUT2D eigenvalue weighted by atomic mass is 16.4. The van der Waals surface area contributed by atoms with Gasteiger partial charge in [-0.05, 0) is 29.9 Å². The van der Waals surface area contributed by atoms with Crippen molar-refractivity contribution >= 4 is 11.8 Å². The number of Topliss-reactive ketones (excluding diaryl/α,β-unsaturated/α-hetero) is 1. The van der Waals surface area contributed by atoms with E-state index in [0.29, 0.717) is 12.8 Å². The maximum Gasteiger partial charge on any atom is 0.314 e. The largest absolute Gasteiger partial charge is 0.481 e. The molecule has 22 heavy (non-hydrogen) atoms. The van der Waals surface area contributed by atoms with E-state index in [0.717, 1.165) is 11.1 Å². The van der Waals surface area contributed by atoms with Crippen LogP contribution < -0.4 is 0 Å². The Morgan fingerprint density at radius 3 is 1.95 bits per heavy atom. The number of carboxylic acids is 1. The molecule has 112 valence electrons. The van der Waals surface area contributed by atoms with E-state index in [9.17, 15) is 14.7 Å². The van der Waals surface area contributed by atoms with Crippen molar-refractivity contribution in [3.05, 3.63) is 71.8 Å². The van der Waals surface area contributed by atoms with Crippen LogP contribution in [0.2, 0.25) is 0 Å². The molecule has 0 amide bonds. The lowest BCUT2D eigenvalue weighted by atomic mass is 9.68. The Morgan fingerprint density at radius 1 is 0.864 bits per heavy atom. The van der Waals surface area contributed by atoms with E-state index in [1.165, 1.54) is 0 Å². The summed E-state index contributed by atoms with van der Waals surface area (Å²) in [5.74, 6) is -2.38. The first kappa shape index (κ1) is 14.5. The second kappa shape index (κ2) is 6.14. The van der Waals surface area contributed by atoms with Gasteiger partial charge in [0.15, 0.2) is 5.78 Å². The van der Waals surface area contributed by atoms with Gasteiger partial charge in [-0.2, -0.15) is 0 Å². The van der Waals surface area contributed by atoms with Crippen LogP contribution in [0.5, 0.6) is 0 Å². The molecule has 3 rings (SSSR count). The van der Waals surface area contributed by atoms with Crippen LogP contribution in [0, 0.1) is 5.92 Å². The summed E-state index contributed by atoms with van der Waals surface area (Å²) in [6.45, 7) is 0. The highest BCUT2D eigenvalue weighted by molar-refractivity contribution is 6.02. The Morgan fingerprint density at radius 2 is 1.41 bits per heavy atom. The van der Waals surface area contributed by atoms with E-state index >= 15 is 0 Å². The maximum absolute atomic E-state index is 12.8. The SMILES string of the molecule is O=C(O)C1CCC(c2ccccc2)C(c2ccccc2)C1=O. The van der Waals surface area contributed by atoms with Gasteiger partial charge in [-0.1, -0.05) is 60.7 Å². The van der Waals surface area contributed by atoms with Gasteiger partial charge in [-0.15, -0.1) is 0 Å². The van der Waals surface area contributed by atoms with Crippen LogP contribution in [-0.4, -0.2) is 16.9 Å². The van der Waals surface area contributed by atoms with Crippen LogP contribution >= 0.6 is 0 Å². The Kier molecular flexibility index (Phi) is 4.05. The summed E-state index contributed by atoms with van der Waals surface area (Å²) in [7, 11) is 0. The monoisotopic (exact) mass is 294 g/mol. The minimum atomic E-state index is -1.00. The molecular formula is C19H18O3. The summed E-state index contributed by atoms with van der Waals surface area (Å²) in [5, 5.41) is 9.31. The molecule has 0 aliphatic heterocycles. The minimum Gasteiger partial charge on any atom is -0.481 e. The van der Waals surface area contributed by atoms with Gasteiger partial charge in [0.05, 0.1) is 5.92 Å². The number of hydrogen-bond donors (Lipinski definition) is 1. The number of rotatable bonds is 3. The van der Waals surface area contributed by atoms with E-state index in [2.05, 4.69) is 0 Å². The van der Waals surface area contributed by atoms with Crippen molar-refractivity contribution < 1.29 is 14.7 Å². The molecule has 0 spiro atoms. The van der Waals surface area contributed by atoms with Crippen molar-refractivity contribution in [1.82, 2.24) is 0 Å². The Bertz CT molecular complexity index is 664. The number of carboxylic acid groups (broad SMARTS) is 1. The van der Waals surface area contributed by atoms with Crippen LogP contribution in [0.15, 0.2) is 60.7 Å². The van der Waals surface area contributed by atoms with E-state index in [1.807, 2.05) is 60.7 Å². The second-order valence-electron chi connectivity index (χ2n) is 5.78. The summed E-state index contributed by atoms with van der Waals surface area (Å²) < 4.78 is 0. The standard InChI is InChI=1S/C19H18O3/c20-18-16(19(21)22)12-11-15(13-7-3-1-4-8-13)17(18)14-9-5-2-6-10-14/h1-10,15-17H,11-12H2,(H,21,22). The van der Waals surface area contributed by atoms with E-state index in [4.69, 9.17) is 0 Å². The van der Waals surface area contributed by atoms with Crippen LogP contribution in [0.4, 0.5) is 0 Å². The molecule has 3 atom stereocenters. The average Bonchev–Trinajstić information content (AvgIpc) is 2.55. The van der Waals surface area contributed by atoms with Gasteiger partial charge >= 0.3 is 5.97 Å². The number of benzene rings is 2. The zero-order chi connectivity index (χ0) is 15.5. The third kappa shape index (κ3) is 2.67. The summed E-state index contributed by atoms with van der Waals surface area (Å²) in [6, 6.07) is 19.5. The molecule has 1 saturated carbocycles. The predicted octanol–water partition coefficient (Wildman–Crippen LogP) is 3.62. The Hall–Kier alpha value is -2.42. The molecule has 3 unspecified atom stereocenters. The Labute approximate surface area is 129 Å². The summed E-state index contributed by atoms with van der Waals surface area (Å²) in [6.07, 6.45) is 1.13. The molecule has 0 heterocycles. The molecule has 3 heteroatoms. The molecule has 0 radical (unpaired) electrons. The molecule has 1 N–H and O–H groups in total. The van der Waals surface area contributed by atoms with Crippen molar-refractivity contribution in [2.75, 3.05) is 0 Å². The Balaban J connectivity index is 2.02. The maximum atomic E-state index is 12.8. The molecule has 1 fully saturated rings. The second-order valence-corrected chi connectivity index (χ2v) is 5.78. The van der Waals surface area contributed by atoms with Crippen molar-refractivity contribution in [2.24, 2.45) is 5.92 Å². The molecule has 1 aliphatic carbocycles. The predicted molar refractivity (Wildman–Crippen MR) is 83.7 cm³/mol. The molecule has 0 bridgehead atoms. The zero-order valence-electron chi connectivity index (χ0n) is 12.2. The van der Waals surface area contributed by atoms with Crippen LogP contribution in [-0.2, 0) is 9.59 Å². The summed E-state index contributed by atoms with van der Waals surface area (Å²) in [4.78, 5) is 24.1. The van der Waals surface area contributed by atoms with Crippen molar-refractivity contribution in [1.29, 1.82) is 0 Å². The number of carbonyl (C=O) groups excluding carboxylic acids is 1. The molecular weight excluding hydrogens is 276 g/mol. The fourth-order valence-electron chi connectivity index (χ4n) is 3.43. The van der Waals surface area contributed by atoms with Gasteiger partial charge in [-0.25, -0.2) is 0 Å². The van der Waals surface area contributed by atoms with Crippen LogP contribution in [0.3, 0.4) is 0 Å². The van der Waals surface area contributed by atoms with Crippen molar-refractivity contribution in [3.63, 3.8) is 0 Å². The third-order valence-corrected chi connectivity index (χ3v) is 4.50. The number of ketones is 1. The lowest BCUT2D eigenvalue weighted by Crippen LogP contribution is -2.36. The fraction of sp³-hybridized carbons (Fsp3) is 0.263. The number of carbonyl (C=O) groups is 2.